The highest BCUT2D eigenvalue weighted by atomic mass is 32.1. The number of carbonyl (C=O) groups excluding carboxylic acids is 5. The molecule has 4 aliphatic rings. The number of piperidine rings is 4. The van der Waals surface area contributed by atoms with Crippen molar-refractivity contribution in [2.75, 3.05) is 53.9 Å². The molecule has 2 aromatic carbocycles. The smallest absolute Gasteiger partial charge is 0.372 e. The van der Waals surface area contributed by atoms with Crippen LogP contribution in [0.2, 0.25) is 0 Å². The number of carbonyl (C=O) groups is 6. The predicted octanol–water partition coefficient (Wildman–Crippen LogP) is 10.8. The summed E-state index contributed by atoms with van der Waals surface area (Å²) in [6.45, 7) is 24.7. The molecular formula is C66H90FN11O9S2. The number of amides is 4. The Morgan fingerprint density at radius 3 is 1.65 bits per heavy atom. The van der Waals surface area contributed by atoms with E-state index in [0.717, 1.165) is 58.9 Å². The highest BCUT2D eigenvalue weighted by Crippen LogP contribution is 2.48. The van der Waals surface area contributed by atoms with E-state index in [-0.39, 0.29) is 74.7 Å². The number of hydrogen-bond donors (Lipinski definition) is 5. The van der Waals surface area contributed by atoms with E-state index in [9.17, 15) is 33.2 Å². The number of carboxylic acids is 1. The van der Waals surface area contributed by atoms with Gasteiger partial charge in [-0.25, -0.2) is 24.7 Å². The average Bonchev–Trinajstić information content (AvgIpc) is 1.40. The lowest BCUT2D eigenvalue weighted by atomic mass is 9.74. The number of nitrogens with one attached hydrogen (secondary N) is 2. The Labute approximate surface area is 531 Å². The van der Waals surface area contributed by atoms with Crippen LogP contribution in [0.25, 0.3) is 20.4 Å². The van der Waals surface area contributed by atoms with Gasteiger partial charge in [-0.1, -0.05) is 26.0 Å². The molecule has 4 aromatic heterocycles. The van der Waals surface area contributed by atoms with Crippen molar-refractivity contribution in [1.82, 2.24) is 40.0 Å². The Hall–Kier alpha value is -7.05. The molecule has 4 amide bonds. The van der Waals surface area contributed by atoms with Gasteiger partial charge in [0.1, 0.15) is 11.1 Å². The van der Waals surface area contributed by atoms with E-state index in [0.29, 0.717) is 24.4 Å². The summed E-state index contributed by atoms with van der Waals surface area (Å²) in [5.74, 6) is -3.42. The van der Waals surface area contributed by atoms with Crippen molar-refractivity contribution in [3.63, 3.8) is 0 Å². The third kappa shape index (κ3) is 16.3. The maximum atomic E-state index is 13.6. The average molecular weight is 1270 g/mol. The number of anilines is 1. The van der Waals surface area contributed by atoms with Gasteiger partial charge >= 0.3 is 17.8 Å². The van der Waals surface area contributed by atoms with Gasteiger partial charge in [-0.15, -0.1) is 22.7 Å². The van der Waals surface area contributed by atoms with Gasteiger partial charge in [-0.05, 0) is 192 Å². The van der Waals surface area contributed by atoms with Gasteiger partial charge in [-0.2, -0.15) is 0 Å². The minimum atomic E-state index is -1.54. The number of halogens is 1. The molecule has 6 aromatic rings. The second-order valence-corrected chi connectivity index (χ2v) is 28.8. The minimum absolute atomic E-state index is 0.00295. The number of ether oxygens (including phenoxy) is 2. The van der Waals surface area contributed by atoms with E-state index in [1.54, 1.807) is 16.2 Å². The van der Waals surface area contributed by atoms with Crippen LogP contribution >= 0.6 is 22.7 Å². The van der Waals surface area contributed by atoms with E-state index in [1.165, 1.54) is 85.2 Å². The van der Waals surface area contributed by atoms with E-state index in [1.807, 2.05) is 11.3 Å². The Balaban J connectivity index is 0.000000208. The molecule has 0 spiro atoms. The SMILES string of the molecule is COc1ncc(CC(=O)C(=O)O)cc1C(N)=O.COc1ncc(NC(=O)C(=O)N2C[C@@H](C)CC[C@@H]2c2ccc3sc(C4CC(C)(C)N(C)C(C)(C)C4)nc3c2)cc1C(N)=O.C[C@H]1CC[C@H](c2ccc3sc(C4CC(C)(C)N(C)C(C)(C)C4)nc3c2)NC1.[2H]CF. The number of thiazole rings is 2. The largest absolute Gasteiger partial charge is 0.480 e. The zero-order chi connectivity index (χ0) is 66.4. The summed E-state index contributed by atoms with van der Waals surface area (Å²) < 4.78 is 27.8. The highest BCUT2D eigenvalue weighted by Gasteiger charge is 2.46. The van der Waals surface area contributed by atoms with E-state index in [4.69, 9.17) is 37.4 Å². The molecule has 4 fully saturated rings. The summed E-state index contributed by atoms with van der Waals surface area (Å²) in [7, 11) is 6.18. The van der Waals surface area contributed by atoms with Gasteiger partial charge in [0.15, 0.2) is 0 Å². The zero-order valence-corrected chi connectivity index (χ0v) is 55.5. The van der Waals surface area contributed by atoms with E-state index >= 15 is 0 Å². The van der Waals surface area contributed by atoms with E-state index < -0.39 is 42.5 Å². The van der Waals surface area contributed by atoms with Gasteiger partial charge in [0.2, 0.25) is 17.5 Å². The number of nitrogens with two attached hydrogens (primary N) is 2. The van der Waals surface area contributed by atoms with Crippen LogP contribution in [0.4, 0.5) is 10.1 Å². The fourth-order valence-corrected chi connectivity index (χ4v) is 15.3. The first-order valence-electron chi connectivity index (χ1n) is 30.8. The predicted molar refractivity (Wildman–Crippen MR) is 348 cm³/mol. The number of methoxy groups -OCH3 is 2. The molecule has 4 atom stereocenters. The molecule has 4 aliphatic heterocycles. The second-order valence-electron chi connectivity index (χ2n) is 26.7. The minimum Gasteiger partial charge on any atom is -0.480 e. The lowest BCUT2D eigenvalue weighted by Gasteiger charge is -2.53. The van der Waals surface area contributed by atoms with E-state index in [2.05, 4.69) is 150 Å². The number of rotatable bonds is 12. The third-order valence-electron chi connectivity index (χ3n) is 18.4. The monoisotopic (exact) mass is 1260 g/mol. The number of likely N-dealkylation sites (tertiary alicyclic amines) is 3. The molecule has 20 nitrogen and oxygen atoms in total. The molecular weight excluding hydrogens is 1170 g/mol. The number of fused-ring (bicyclic) bond motifs is 2. The summed E-state index contributed by atoms with van der Waals surface area (Å²) in [5.41, 5.74) is 16.1. The number of primary amides is 2. The van der Waals surface area contributed by atoms with Gasteiger partial charge in [0.05, 0.1) is 71.1 Å². The molecule has 0 aliphatic carbocycles. The molecule has 10 rings (SSSR count). The number of alkyl halides is 1. The Kier molecular flexibility index (Phi) is 21.7. The fraction of sp³-hybridized carbons (Fsp3) is 0.545. The lowest BCUT2D eigenvalue weighted by Crippen LogP contribution is -2.58. The number of Topliss-reactive ketones (excluding diaryl/α,β-unsaturated/α-hetero) is 1. The number of hydrogen-bond acceptors (Lipinski definition) is 17. The summed E-state index contributed by atoms with van der Waals surface area (Å²) in [6.07, 6.45) is 10.9. The Morgan fingerprint density at radius 1 is 0.708 bits per heavy atom. The number of aromatic nitrogens is 4. The molecule has 7 N–H and O–H groups in total. The van der Waals surface area contributed by atoms with Crippen LogP contribution in [0.3, 0.4) is 0 Å². The first kappa shape index (κ1) is 67.9. The van der Waals surface area contributed by atoms with Crippen molar-refractivity contribution in [3.05, 3.63) is 98.8 Å². The summed E-state index contributed by atoms with van der Waals surface area (Å²) >= 11 is 3.67. The molecule has 0 saturated carbocycles. The summed E-state index contributed by atoms with van der Waals surface area (Å²) in [4.78, 5) is 95.6. The Morgan fingerprint density at radius 2 is 1.18 bits per heavy atom. The van der Waals surface area contributed by atoms with Crippen LogP contribution in [0.1, 0.15) is 193 Å². The lowest BCUT2D eigenvalue weighted by molar-refractivity contribution is -0.148. The van der Waals surface area contributed by atoms with Crippen LogP contribution in [-0.2, 0) is 25.6 Å². The van der Waals surface area contributed by atoms with Crippen molar-refractivity contribution in [1.29, 1.82) is 0 Å². The molecule has 482 valence electrons. The standard InChI is InChI=1S/C32H42N6O4S.C23H35N3S.C10H10N2O5.CH3F/c1-18-8-10-24(38(17-18)30(41)27(40)35-21-13-22(26(33)39)28(42-7)34-16-21)19-9-11-25-23(12-19)36-29(43-25)20-14-31(2,3)37(6)32(4,5)15-20;1-15-7-9-18(24-14-15)16-8-10-20-19(11-16)25-21(27-20)17-12-22(2,3)26(6)23(4,5)13-17;1-17-9-6(8(11)14)2-5(4-12-9)3-7(13)10(15)16;1-2/h9,11-13,16,18,20,24H,8,10,14-15,17H2,1-7H3,(H2,33,39)(H,35,40);8,10-11,15,17-18,24H,7,9,12-14H2,1-6H3;2,4H,3H2,1H3,(H2,11,14)(H,15,16);1H3/t18-,24+;15-,18+;;/m00../s1/i;;;1D. The zero-order valence-electron chi connectivity index (χ0n) is 54.9. The van der Waals surface area contributed by atoms with Crippen molar-refractivity contribution >= 4 is 84.2 Å². The van der Waals surface area contributed by atoms with Crippen LogP contribution in [-0.4, -0.2) is 146 Å². The van der Waals surface area contributed by atoms with Crippen LogP contribution in [0.15, 0.2) is 60.9 Å². The summed E-state index contributed by atoms with van der Waals surface area (Å²) in [6, 6.07) is 16.1. The molecule has 23 heteroatoms. The normalized spacial score (nSPS) is 21.7. The molecule has 0 radical (unpaired) electrons. The van der Waals surface area contributed by atoms with Crippen molar-refractivity contribution in [3.8, 4) is 11.8 Å². The quantitative estimate of drug-likeness (QED) is 0.0712. The molecule has 4 saturated heterocycles. The number of ketones is 1. The highest BCUT2D eigenvalue weighted by molar-refractivity contribution is 7.19. The topological polar surface area (TPSA) is 278 Å². The number of pyridine rings is 2. The molecule has 8 heterocycles. The molecule has 89 heavy (non-hydrogen) atoms. The van der Waals surface area contributed by atoms with Gasteiger partial charge in [0, 0.05) is 59.2 Å². The number of nitrogens with zero attached hydrogens (tertiary/aromatic N) is 7. The van der Waals surface area contributed by atoms with Crippen molar-refractivity contribution < 1.29 is 49.1 Å². The first-order valence-corrected chi connectivity index (χ1v) is 31.8. The van der Waals surface area contributed by atoms with Crippen LogP contribution < -0.4 is 31.6 Å². The number of aliphatic carboxylic acids is 1. The summed E-state index contributed by atoms with van der Waals surface area (Å²) in [5, 5.41) is 17.2. The Bertz CT molecular complexity index is 3550. The fourth-order valence-electron chi connectivity index (χ4n) is 13.2. The third-order valence-corrected chi connectivity index (χ3v) is 20.8. The second kappa shape index (κ2) is 28.4. The van der Waals surface area contributed by atoms with Crippen LogP contribution in [0.5, 0.6) is 11.8 Å². The van der Waals surface area contributed by atoms with Gasteiger partial charge < -0.3 is 41.6 Å². The maximum Gasteiger partial charge on any atom is 0.372 e. The number of carboxylic acid groups (broad SMARTS) is 1. The molecule has 0 bridgehead atoms. The van der Waals surface area contributed by atoms with Crippen molar-refractivity contribution in [2.24, 2.45) is 23.3 Å². The number of benzene rings is 2. The van der Waals surface area contributed by atoms with Gasteiger partial charge in [-0.3, -0.25) is 38.2 Å². The maximum absolute atomic E-state index is 13.6. The van der Waals surface area contributed by atoms with Crippen LogP contribution in [0, 0.1) is 11.8 Å². The van der Waals surface area contributed by atoms with Gasteiger partial charge in [0.25, 0.3) is 11.8 Å². The molecule has 0 unspecified atom stereocenters. The first-order chi connectivity index (χ1) is 42.2. The van der Waals surface area contributed by atoms with Crippen molar-refractivity contribution in [2.45, 2.75) is 173 Å².